The molecular formula is C19H26FN3O2. The van der Waals surface area contributed by atoms with E-state index in [2.05, 4.69) is 31.2 Å². The summed E-state index contributed by atoms with van der Waals surface area (Å²) in [4.78, 5) is 12.2. The monoisotopic (exact) mass is 347 g/mol. The minimum absolute atomic E-state index is 0.131. The van der Waals surface area contributed by atoms with Crippen LogP contribution in [0.3, 0.4) is 0 Å². The van der Waals surface area contributed by atoms with Gasteiger partial charge in [0.25, 0.3) is 5.91 Å². The Morgan fingerprint density at radius 2 is 1.88 bits per heavy atom. The molecule has 0 spiro atoms. The first-order valence-electron chi connectivity index (χ1n) is 8.26. The summed E-state index contributed by atoms with van der Waals surface area (Å²) < 4.78 is 20.3. The van der Waals surface area contributed by atoms with Crippen LogP contribution in [0, 0.1) is 5.82 Å². The number of rotatable bonds is 4. The Labute approximate surface area is 148 Å². The maximum atomic E-state index is 13.1. The van der Waals surface area contributed by atoms with Crippen molar-refractivity contribution in [1.29, 1.82) is 0 Å². The number of halogens is 1. The van der Waals surface area contributed by atoms with E-state index in [1.165, 1.54) is 18.2 Å². The van der Waals surface area contributed by atoms with Crippen molar-refractivity contribution in [2.45, 2.75) is 52.5 Å². The van der Waals surface area contributed by atoms with Gasteiger partial charge in [-0.25, -0.2) is 9.07 Å². The lowest BCUT2D eigenvalue weighted by atomic mass is 9.92. The molecule has 0 bridgehead atoms. The zero-order chi connectivity index (χ0) is 18.8. The summed E-state index contributed by atoms with van der Waals surface area (Å²) in [5.74, 6) is 0.203. The first-order valence-corrected chi connectivity index (χ1v) is 8.26. The highest BCUT2D eigenvalue weighted by molar-refractivity contribution is 5.91. The van der Waals surface area contributed by atoms with Gasteiger partial charge in [-0.2, -0.15) is 5.10 Å². The van der Waals surface area contributed by atoms with E-state index in [0.29, 0.717) is 11.6 Å². The predicted octanol–water partition coefficient (Wildman–Crippen LogP) is 4.09. The number of carbonyl (C=O) groups excluding carboxylic acids is 1. The van der Waals surface area contributed by atoms with Crippen LogP contribution >= 0.6 is 0 Å². The van der Waals surface area contributed by atoms with Gasteiger partial charge in [0.15, 0.2) is 6.61 Å². The van der Waals surface area contributed by atoms with Crippen molar-refractivity contribution in [2.24, 2.45) is 0 Å². The summed E-state index contributed by atoms with van der Waals surface area (Å²) in [6.07, 6.45) is 0. The molecule has 0 saturated heterocycles. The minimum atomic E-state index is -0.404. The Balaban J connectivity index is 2.13. The standard InChI is InChI=1S/C19H26FN3O2/c1-18(2,3)15-11-16(23(22-15)19(4,5)6)21-17(24)12-25-14-9-7-8-13(20)10-14/h7-11H,12H2,1-6H3,(H,21,24). The van der Waals surface area contributed by atoms with Crippen LogP contribution in [0.5, 0.6) is 5.75 Å². The van der Waals surface area contributed by atoms with Gasteiger partial charge in [0, 0.05) is 17.5 Å². The molecule has 136 valence electrons. The topological polar surface area (TPSA) is 56.1 Å². The summed E-state index contributed by atoms with van der Waals surface area (Å²) >= 11 is 0. The summed E-state index contributed by atoms with van der Waals surface area (Å²) in [6.45, 7) is 12.1. The molecule has 2 aromatic rings. The highest BCUT2D eigenvalue weighted by Gasteiger charge is 2.25. The van der Waals surface area contributed by atoms with Gasteiger partial charge < -0.3 is 10.1 Å². The van der Waals surface area contributed by atoms with Crippen molar-refractivity contribution < 1.29 is 13.9 Å². The van der Waals surface area contributed by atoms with E-state index >= 15 is 0 Å². The fourth-order valence-corrected chi connectivity index (χ4v) is 2.23. The van der Waals surface area contributed by atoms with Crippen LogP contribution in [0.1, 0.15) is 47.2 Å². The van der Waals surface area contributed by atoms with Gasteiger partial charge in [-0.05, 0) is 32.9 Å². The molecule has 0 aliphatic rings. The van der Waals surface area contributed by atoms with E-state index in [4.69, 9.17) is 4.74 Å². The van der Waals surface area contributed by atoms with E-state index < -0.39 is 5.82 Å². The number of aromatic nitrogens is 2. The number of anilines is 1. The zero-order valence-corrected chi connectivity index (χ0v) is 15.7. The van der Waals surface area contributed by atoms with Crippen molar-refractivity contribution in [1.82, 2.24) is 9.78 Å². The van der Waals surface area contributed by atoms with Crippen LogP contribution in [-0.4, -0.2) is 22.3 Å². The van der Waals surface area contributed by atoms with E-state index in [1.54, 1.807) is 10.7 Å². The molecule has 0 aliphatic carbocycles. The fraction of sp³-hybridized carbons (Fsp3) is 0.474. The Bertz CT molecular complexity index is 755. The first-order chi connectivity index (χ1) is 11.5. The molecular weight excluding hydrogens is 321 g/mol. The average Bonchev–Trinajstić information content (AvgIpc) is 2.89. The first kappa shape index (κ1) is 19.0. The average molecular weight is 347 g/mol. The summed E-state index contributed by atoms with van der Waals surface area (Å²) in [7, 11) is 0. The predicted molar refractivity (Wildman–Crippen MR) is 96.4 cm³/mol. The second kappa shape index (κ2) is 6.86. The Morgan fingerprint density at radius 1 is 1.20 bits per heavy atom. The molecule has 5 nitrogen and oxygen atoms in total. The van der Waals surface area contributed by atoms with Gasteiger partial charge in [-0.15, -0.1) is 0 Å². The lowest BCUT2D eigenvalue weighted by molar-refractivity contribution is -0.118. The number of carbonyl (C=O) groups is 1. The molecule has 0 atom stereocenters. The Morgan fingerprint density at radius 3 is 2.44 bits per heavy atom. The van der Waals surface area contributed by atoms with Crippen molar-refractivity contribution in [2.75, 3.05) is 11.9 Å². The molecule has 0 saturated carbocycles. The normalized spacial score (nSPS) is 12.1. The molecule has 6 heteroatoms. The molecule has 1 aromatic carbocycles. The molecule has 0 radical (unpaired) electrons. The number of nitrogens with zero attached hydrogens (tertiary/aromatic N) is 2. The number of hydrogen-bond donors (Lipinski definition) is 1. The summed E-state index contributed by atoms with van der Waals surface area (Å²) in [5.41, 5.74) is 0.479. The van der Waals surface area contributed by atoms with Gasteiger partial charge in [0.05, 0.1) is 11.2 Å². The molecule has 1 amide bonds. The molecule has 0 fully saturated rings. The molecule has 0 aliphatic heterocycles. The largest absolute Gasteiger partial charge is 0.484 e. The van der Waals surface area contributed by atoms with Gasteiger partial charge >= 0.3 is 0 Å². The van der Waals surface area contributed by atoms with E-state index in [-0.39, 0.29) is 23.5 Å². The highest BCUT2D eigenvalue weighted by Crippen LogP contribution is 2.28. The van der Waals surface area contributed by atoms with Crippen molar-refractivity contribution in [3.8, 4) is 5.75 Å². The third-order valence-electron chi connectivity index (χ3n) is 3.55. The molecule has 1 heterocycles. The lowest BCUT2D eigenvalue weighted by Crippen LogP contribution is -2.28. The van der Waals surface area contributed by atoms with E-state index in [9.17, 15) is 9.18 Å². The SMILES string of the molecule is CC(C)(C)c1cc(NC(=O)COc2cccc(F)c2)n(C(C)(C)C)n1. The van der Waals surface area contributed by atoms with Crippen LogP contribution in [-0.2, 0) is 15.7 Å². The third-order valence-corrected chi connectivity index (χ3v) is 3.55. The van der Waals surface area contributed by atoms with Crippen LogP contribution in [0.4, 0.5) is 10.2 Å². The van der Waals surface area contributed by atoms with Gasteiger partial charge in [0.2, 0.25) is 0 Å². The maximum absolute atomic E-state index is 13.1. The second-order valence-electron chi connectivity index (χ2n) is 8.04. The number of ether oxygens (including phenoxy) is 1. The smallest absolute Gasteiger partial charge is 0.263 e. The van der Waals surface area contributed by atoms with Crippen LogP contribution in [0.25, 0.3) is 0 Å². The number of nitrogens with one attached hydrogen (secondary N) is 1. The lowest BCUT2D eigenvalue weighted by Gasteiger charge is -2.23. The third kappa shape index (κ3) is 5.05. The van der Waals surface area contributed by atoms with Gasteiger partial charge in [-0.1, -0.05) is 26.8 Å². The molecule has 1 N–H and O–H groups in total. The highest BCUT2D eigenvalue weighted by atomic mass is 19.1. The summed E-state index contributed by atoms with van der Waals surface area (Å²) in [5, 5.41) is 7.48. The molecule has 1 aromatic heterocycles. The Kier molecular flexibility index (Phi) is 5.20. The number of hydrogen-bond acceptors (Lipinski definition) is 3. The summed E-state index contributed by atoms with van der Waals surface area (Å²) in [6, 6.07) is 7.58. The van der Waals surface area contributed by atoms with Crippen LogP contribution in [0.2, 0.25) is 0 Å². The van der Waals surface area contributed by atoms with Crippen LogP contribution < -0.4 is 10.1 Å². The van der Waals surface area contributed by atoms with Crippen molar-refractivity contribution >= 4 is 11.7 Å². The number of benzene rings is 1. The molecule has 0 unspecified atom stereocenters. The zero-order valence-electron chi connectivity index (χ0n) is 15.7. The number of amides is 1. The van der Waals surface area contributed by atoms with Crippen molar-refractivity contribution in [3.05, 3.63) is 41.8 Å². The van der Waals surface area contributed by atoms with Gasteiger partial charge in [-0.3, -0.25) is 4.79 Å². The minimum Gasteiger partial charge on any atom is -0.484 e. The molecule has 2 rings (SSSR count). The van der Waals surface area contributed by atoms with Crippen molar-refractivity contribution in [3.63, 3.8) is 0 Å². The van der Waals surface area contributed by atoms with E-state index in [1.807, 2.05) is 26.8 Å². The maximum Gasteiger partial charge on any atom is 0.263 e. The molecule has 25 heavy (non-hydrogen) atoms. The second-order valence-corrected chi connectivity index (χ2v) is 8.04. The quantitative estimate of drug-likeness (QED) is 0.906. The fourth-order valence-electron chi connectivity index (χ4n) is 2.23. The van der Waals surface area contributed by atoms with Gasteiger partial charge in [0.1, 0.15) is 17.4 Å². The van der Waals surface area contributed by atoms with Crippen LogP contribution in [0.15, 0.2) is 30.3 Å². The Hall–Kier alpha value is -2.37. The van der Waals surface area contributed by atoms with E-state index in [0.717, 1.165) is 5.69 Å².